The fourth-order valence-corrected chi connectivity index (χ4v) is 3.70. The highest BCUT2D eigenvalue weighted by molar-refractivity contribution is 7.90. The van der Waals surface area contributed by atoms with Crippen LogP contribution in [0.5, 0.6) is 0 Å². The van der Waals surface area contributed by atoms with Crippen LogP contribution in [-0.4, -0.2) is 43.2 Å². The Balaban J connectivity index is 1.67. The van der Waals surface area contributed by atoms with Crippen LogP contribution in [0.25, 0.3) is 0 Å². The van der Waals surface area contributed by atoms with Gasteiger partial charge < -0.3 is 9.32 Å². The van der Waals surface area contributed by atoms with E-state index < -0.39 is 21.8 Å². The lowest BCUT2D eigenvalue weighted by Gasteiger charge is -2.31. The molecule has 1 saturated heterocycles. The average Bonchev–Trinajstić information content (AvgIpc) is 3.16. The van der Waals surface area contributed by atoms with Gasteiger partial charge in [-0.2, -0.15) is 8.42 Å². The zero-order valence-electron chi connectivity index (χ0n) is 13.3. The van der Waals surface area contributed by atoms with Crippen molar-refractivity contribution in [3.63, 3.8) is 0 Å². The summed E-state index contributed by atoms with van der Waals surface area (Å²) in [7, 11) is -4.02. The fraction of sp³-hybridized carbons (Fsp3) is 0.312. The van der Waals surface area contributed by atoms with Crippen LogP contribution in [0, 0.1) is 5.92 Å². The van der Waals surface area contributed by atoms with Gasteiger partial charge in [0, 0.05) is 19.3 Å². The van der Waals surface area contributed by atoms with Gasteiger partial charge in [0.1, 0.15) is 0 Å². The van der Waals surface area contributed by atoms with E-state index in [-0.39, 0.29) is 23.2 Å². The first kappa shape index (κ1) is 17.2. The maximum Gasteiger partial charge on any atom is 0.289 e. The lowest BCUT2D eigenvalue weighted by molar-refractivity contribution is -0.124. The normalized spacial score (nSPS) is 17.9. The third-order valence-electron chi connectivity index (χ3n) is 3.96. The van der Waals surface area contributed by atoms with Gasteiger partial charge in [-0.25, -0.2) is 9.71 Å². The van der Waals surface area contributed by atoms with E-state index in [9.17, 15) is 18.0 Å². The number of pyridine rings is 1. The summed E-state index contributed by atoms with van der Waals surface area (Å²) in [6.07, 6.45) is 3.85. The number of likely N-dealkylation sites (tertiary alicyclic amines) is 1. The second kappa shape index (κ2) is 7.06. The Hall–Kier alpha value is -2.68. The number of nitrogens with one attached hydrogen (secondary N) is 1. The number of carbonyl (C=O) groups excluding carboxylic acids is 2. The number of hydrogen-bond donors (Lipinski definition) is 1. The van der Waals surface area contributed by atoms with Crippen molar-refractivity contribution in [3.8, 4) is 0 Å². The van der Waals surface area contributed by atoms with E-state index in [1.165, 1.54) is 29.5 Å². The van der Waals surface area contributed by atoms with Crippen LogP contribution in [0.2, 0.25) is 0 Å². The molecule has 2 amide bonds. The SMILES string of the molecule is O=C(NS(=O)(=O)c1ccccn1)C1CCCN(C(=O)c2ccco2)C1. The lowest BCUT2D eigenvalue weighted by atomic mass is 9.97. The summed E-state index contributed by atoms with van der Waals surface area (Å²) in [4.78, 5) is 29.9. The average molecular weight is 363 g/mol. The second-order valence-electron chi connectivity index (χ2n) is 5.71. The Bertz CT molecular complexity index is 849. The lowest BCUT2D eigenvalue weighted by Crippen LogP contribution is -2.46. The fourth-order valence-electron chi connectivity index (χ4n) is 2.71. The first-order chi connectivity index (χ1) is 12.0. The number of aromatic nitrogens is 1. The molecule has 1 N–H and O–H groups in total. The molecule has 25 heavy (non-hydrogen) atoms. The molecule has 8 nitrogen and oxygen atoms in total. The van der Waals surface area contributed by atoms with E-state index in [0.717, 1.165) is 0 Å². The second-order valence-corrected chi connectivity index (χ2v) is 7.33. The van der Waals surface area contributed by atoms with Crippen LogP contribution in [0.4, 0.5) is 0 Å². The summed E-state index contributed by atoms with van der Waals surface area (Å²) >= 11 is 0. The monoisotopic (exact) mass is 363 g/mol. The molecule has 0 spiro atoms. The molecule has 132 valence electrons. The minimum absolute atomic E-state index is 0.142. The number of carbonyl (C=O) groups is 2. The van der Waals surface area contributed by atoms with Crippen LogP contribution in [-0.2, 0) is 14.8 Å². The van der Waals surface area contributed by atoms with Crippen LogP contribution in [0.3, 0.4) is 0 Å². The number of sulfonamides is 1. The molecular weight excluding hydrogens is 346 g/mol. The first-order valence-electron chi connectivity index (χ1n) is 7.78. The van der Waals surface area contributed by atoms with Gasteiger partial charge in [0.15, 0.2) is 10.8 Å². The Kier molecular flexibility index (Phi) is 4.84. The summed E-state index contributed by atoms with van der Waals surface area (Å²) < 4.78 is 31.5. The zero-order valence-corrected chi connectivity index (χ0v) is 14.1. The summed E-state index contributed by atoms with van der Waals surface area (Å²) in [5.41, 5.74) is 0. The Morgan fingerprint density at radius 1 is 1.24 bits per heavy atom. The number of hydrogen-bond acceptors (Lipinski definition) is 6. The van der Waals surface area contributed by atoms with Crippen molar-refractivity contribution in [1.82, 2.24) is 14.6 Å². The minimum Gasteiger partial charge on any atom is -0.459 e. The van der Waals surface area contributed by atoms with Crippen molar-refractivity contribution >= 4 is 21.8 Å². The predicted octanol–water partition coefficient (Wildman–Crippen LogP) is 1.03. The standard InChI is InChI=1S/C16H17N3O5S/c20-15(18-25(22,23)14-7-1-2-8-17-14)12-5-3-9-19(11-12)16(21)13-6-4-10-24-13/h1-2,4,6-8,10,12H,3,5,9,11H2,(H,18,20). The Morgan fingerprint density at radius 2 is 2.08 bits per heavy atom. The van der Waals surface area contributed by atoms with Gasteiger partial charge in [-0.15, -0.1) is 0 Å². The highest BCUT2D eigenvalue weighted by Crippen LogP contribution is 2.20. The number of nitrogens with zero attached hydrogens (tertiary/aromatic N) is 2. The third-order valence-corrected chi connectivity index (χ3v) is 5.22. The summed E-state index contributed by atoms with van der Waals surface area (Å²) in [6.45, 7) is 0.638. The topological polar surface area (TPSA) is 110 Å². The molecule has 0 radical (unpaired) electrons. The maximum absolute atomic E-state index is 12.4. The summed E-state index contributed by atoms with van der Waals surface area (Å²) in [5.74, 6) is -1.36. The van der Waals surface area contributed by atoms with Gasteiger partial charge in [-0.3, -0.25) is 9.59 Å². The molecule has 9 heteroatoms. The van der Waals surface area contributed by atoms with Crippen molar-refractivity contribution < 1.29 is 22.4 Å². The molecule has 1 aliphatic heterocycles. The summed E-state index contributed by atoms with van der Waals surface area (Å²) in [6, 6.07) is 7.58. The minimum atomic E-state index is -4.02. The van der Waals surface area contributed by atoms with E-state index in [0.29, 0.717) is 19.4 Å². The highest BCUT2D eigenvalue weighted by atomic mass is 32.2. The van der Waals surface area contributed by atoms with E-state index >= 15 is 0 Å². The van der Waals surface area contributed by atoms with E-state index in [1.807, 2.05) is 4.72 Å². The molecule has 2 aromatic rings. The van der Waals surface area contributed by atoms with Crippen LogP contribution < -0.4 is 4.72 Å². The largest absolute Gasteiger partial charge is 0.459 e. The zero-order chi connectivity index (χ0) is 17.9. The van der Waals surface area contributed by atoms with Gasteiger partial charge in [-0.05, 0) is 37.1 Å². The molecule has 1 fully saturated rings. The van der Waals surface area contributed by atoms with Gasteiger partial charge in [0.05, 0.1) is 12.2 Å². The van der Waals surface area contributed by atoms with E-state index in [4.69, 9.17) is 4.42 Å². The Morgan fingerprint density at radius 3 is 2.76 bits per heavy atom. The molecular formula is C16H17N3O5S. The maximum atomic E-state index is 12.4. The van der Waals surface area contributed by atoms with Gasteiger partial charge in [-0.1, -0.05) is 6.07 Å². The molecule has 1 atom stereocenters. The van der Waals surface area contributed by atoms with Crippen molar-refractivity contribution in [1.29, 1.82) is 0 Å². The van der Waals surface area contributed by atoms with Crippen LogP contribution in [0.1, 0.15) is 23.4 Å². The van der Waals surface area contributed by atoms with Crippen molar-refractivity contribution in [2.45, 2.75) is 17.9 Å². The van der Waals surface area contributed by atoms with E-state index in [1.54, 1.807) is 18.2 Å². The Labute approximate surface area is 144 Å². The first-order valence-corrected chi connectivity index (χ1v) is 9.26. The van der Waals surface area contributed by atoms with Gasteiger partial charge >= 0.3 is 0 Å². The van der Waals surface area contributed by atoms with Gasteiger partial charge in [0.25, 0.3) is 15.9 Å². The highest BCUT2D eigenvalue weighted by Gasteiger charge is 2.32. The molecule has 1 aliphatic rings. The molecule has 3 rings (SSSR count). The van der Waals surface area contributed by atoms with Crippen LogP contribution >= 0.6 is 0 Å². The molecule has 3 heterocycles. The third kappa shape index (κ3) is 3.87. The molecule has 0 aliphatic carbocycles. The molecule has 2 aromatic heterocycles. The molecule has 0 saturated carbocycles. The predicted molar refractivity (Wildman–Crippen MR) is 86.9 cm³/mol. The number of piperidine rings is 1. The smallest absolute Gasteiger partial charge is 0.289 e. The number of furan rings is 1. The van der Waals surface area contributed by atoms with E-state index in [2.05, 4.69) is 4.98 Å². The molecule has 0 bridgehead atoms. The number of amides is 2. The van der Waals surface area contributed by atoms with Crippen molar-refractivity contribution in [2.24, 2.45) is 5.92 Å². The van der Waals surface area contributed by atoms with Crippen molar-refractivity contribution in [3.05, 3.63) is 48.6 Å². The summed E-state index contributed by atoms with van der Waals surface area (Å²) in [5, 5.41) is -0.220. The van der Waals surface area contributed by atoms with Gasteiger partial charge in [0.2, 0.25) is 5.91 Å². The van der Waals surface area contributed by atoms with Crippen molar-refractivity contribution in [2.75, 3.05) is 13.1 Å². The number of rotatable bonds is 4. The van der Waals surface area contributed by atoms with Crippen LogP contribution in [0.15, 0.2) is 52.2 Å². The quantitative estimate of drug-likeness (QED) is 0.869. The molecule has 1 unspecified atom stereocenters. The molecule has 0 aromatic carbocycles.